The number of nitriles is 1. The molecule has 0 unspecified atom stereocenters. The third kappa shape index (κ3) is 2.90. The number of carboxylic acid groups (broad SMARTS) is 1. The van der Waals surface area contributed by atoms with Gasteiger partial charge in [0, 0.05) is 31.1 Å². The van der Waals surface area contributed by atoms with Crippen LogP contribution in [0.15, 0.2) is 10.5 Å². The second-order valence-corrected chi connectivity index (χ2v) is 4.61. The van der Waals surface area contributed by atoms with Gasteiger partial charge in [-0.1, -0.05) is 0 Å². The average Bonchev–Trinajstić information content (AvgIpc) is 3.10. The highest BCUT2D eigenvalue weighted by atomic mass is 16.4. The topological polar surface area (TPSA) is 77.5 Å². The van der Waals surface area contributed by atoms with Gasteiger partial charge >= 0.3 is 5.97 Å². The Morgan fingerprint density at radius 1 is 1.67 bits per heavy atom. The molecule has 1 N–H and O–H groups in total. The molecule has 1 aliphatic carbocycles. The molecule has 0 spiro atoms. The van der Waals surface area contributed by atoms with E-state index in [0.29, 0.717) is 24.8 Å². The Bertz CT molecular complexity index is 483. The maximum atomic E-state index is 10.8. The van der Waals surface area contributed by atoms with Gasteiger partial charge < -0.3 is 9.52 Å². The fourth-order valence-corrected chi connectivity index (χ4v) is 2.03. The summed E-state index contributed by atoms with van der Waals surface area (Å²) >= 11 is 0. The third-order valence-corrected chi connectivity index (χ3v) is 3.18. The summed E-state index contributed by atoms with van der Waals surface area (Å²) in [7, 11) is 0. The van der Waals surface area contributed by atoms with Crippen molar-refractivity contribution in [2.75, 3.05) is 6.54 Å². The van der Waals surface area contributed by atoms with Gasteiger partial charge in [0.1, 0.15) is 5.76 Å². The van der Waals surface area contributed by atoms with Crippen LogP contribution >= 0.6 is 0 Å². The molecule has 0 aromatic carbocycles. The first-order valence-electron chi connectivity index (χ1n) is 6.05. The zero-order valence-corrected chi connectivity index (χ0v) is 10.3. The van der Waals surface area contributed by atoms with Crippen LogP contribution in [0, 0.1) is 18.3 Å². The monoisotopic (exact) mass is 248 g/mol. The van der Waals surface area contributed by atoms with E-state index in [1.165, 1.54) is 0 Å². The molecule has 1 fully saturated rings. The second-order valence-electron chi connectivity index (χ2n) is 4.61. The summed E-state index contributed by atoms with van der Waals surface area (Å²) in [6.45, 7) is 3.17. The minimum absolute atomic E-state index is 0.0152. The zero-order valence-electron chi connectivity index (χ0n) is 10.3. The Morgan fingerprint density at radius 3 is 2.89 bits per heavy atom. The molecule has 0 atom stereocenters. The van der Waals surface area contributed by atoms with Gasteiger partial charge in [-0.05, 0) is 25.8 Å². The first kappa shape index (κ1) is 12.7. The maximum Gasteiger partial charge on any atom is 0.371 e. The largest absolute Gasteiger partial charge is 0.475 e. The summed E-state index contributed by atoms with van der Waals surface area (Å²) in [5.41, 5.74) is 0.900. The second kappa shape index (κ2) is 5.23. The molecule has 0 aliphatic heterocycles. The number of hydrogen-bond donors (Lipinski definition) is 1. The minimum Gasteiger partial charge on any atom is -0.475 e. The minimum atomic E-state index is -1.04. The molecule has 1 aromatic rings. The number of carbonyl (C=O) groups is 1. The van der Waals surface area contributed by atoms with Crippen molar-refractivity contribution in [2.45, 2.75) is 38.8 Å². The van der Waals surface area contributed by atoms with Crippen molar-refractivity contribution in [1.82, 2.24) is 4.90 Å². The van der Waals surface area contributed by atoms with Crippen LogP contribution in [-0.4, -0.2) is 28.6 Å². The molecule has 2 rings (SSSR count). The molecule has 1 saturated carbocycles. The fraction of sp³-hybridized carbons (Fsp3) is 0.538. The number of aryl methyl sites for hydroxylation is 1. The number of furan rings is 1. The molecule has 1 heterocycles. The molecule has 18 heavy (non-hydrogen) atoms. The lowest BCUT2D eigenvalue weighted by atomic mass is 10.2. The van der Waals surface area contributed by atoms with Crippen molar-refractivity contribution in [3.8, 4) is 6.07 Å². The van der Waals surface area contributed by atoms with Crippen molar-refractivity contribution in [3.05, 3.63) is 23.2 Å². The molecule has 0 bridgehead atoms. The van der Waals surface area contributed by atoms with Crippen LogP contribution in [0.3, 0.4) is 0 Å². The molecule has 0 amide bonds. The summed E-state index contributed by atoms with van der Waals surface area (Å²) in [5.74, 6) is -0.409. The van der Waals surface area contributed by atoms with Gasteiger partial charge in [-0.25, -0.2) is 4.79 Å². The molecule has 5 nitrogen and oxygen atoms in total. The van der Waals surface area contributed by atoms with E-state index in [0.717, 1.165) is 24.9 Å². The van der Waals surface area contributed by atoms with E-state index in [1.807, 2.05) is 0 Å². The summed E-state index contributed by atoms with van der Waals surface area (Å²) < 4.78 is 5.19. The van der Waals surface area contributed by atoms with Crippen LogP contribution < -0.4 is 0 Å². The standard InChI is InChI=1S/C13H16N2O3/c1-9-10(7-12(18-9)13(16)17)8-15(6-2-5-14)11-3-4-11/h7,11H,2-4,6,8H2,1H3,(H,16,17). The van der Waals surface area contributed by atoms with Gasteiger partial charge in [0.15, 0.2) is 0 Å². The Hall–Kier alpha value is -1.80. The Labute approximate surface area is 106 Å². The van der Waals surface area contributed by atoms with Gasteiger partial charge in [0.25, 0.3) is 0 Å². The highest BCUT2D eigenvalue weighted by molar-refractivity contribution is 5.84. The quantitative estimate of drug-likeness (QED) is 0.834. The summed E-state index contributed by atoms with van der Waals surface area (Å²) in [6, 6.07) is 4.27. The van der Waals surface area contributed by atoms with Gasteiger partial charge in [-0.15, -0.1) is 0 Å². The van der Waals surface area contributed by atoms with E-state index < -0.39 is 5.97 Å². The SMILES string of the molecule is Cc1oc(C(=O)O)cc1CN(CCC#N)C1CC1. The van der Waals surface area contributed by atoms with Crippen LogP contribution in [-0.2, 0) is 6.54 Å². The number of hydrogen-bond acceptors (Lipinski definition) is 4. The van der Waals surface area contributed by atoms with Crippen molar-refractivity contribution in [1.29, 1.82) is 5.26 Å². The normalized spacial score (nSPS) is 14.7. The molecule has 96 valence electrons. The summed E-state index contributed by atoms with van der Waals surface area (Å²) in [6.07, 6.45) is 2.82. The van der Waals surface area contributed by atoms with E-state index in [1.54, 1.807) is 13.0 Å². The number of aromatic carboxylic acids is 1. The first-order chi connectivity index (χ1) is 8.61. The first-order valence-corrected chi connectivity index (χ1v) is 6.05. The van der Waals surface area contributed by atoms with Crippen LogP contribution in [0.4, 0.5) is 0 Å². The van der Waals surface area contributed by atoms with Gasteiger partial charge in [-0.2, -0.15) is 5.26 Å². The van der Waals surface area contributed by atoms with Crippen LogP contribution in [0.1, 0.15) is 41.1 Å². The fourth-order valence-electron chi connectivity index (χ4n) is 2.03. The van der Waals surface area contributed by atoms with Gasteiger partial charge in [0.2, 0.25) is 5.76 Å². The van der Waals surface area contributed by atoms with Crippen molar-refractivity contribution in [2.24, 2.45) is 0 Å². The zero-order chi connectivity index (χ0) is 13.1. The van der Waals surface area contributed by atoms with E-state index in [2.05, 4.69) is 11.0 Å². The number of nitrogens with zero attached hydrogens (tertiary/aromatic N) is 2. The molecule has 1 aliphatic rings. The van der Waals surface area contributed by atoms with Gasteiger partial charge in [0.05, 0.1) is 6.07 Å². The molecule has 0 radical (unpaired) electrons. The smallest absolute Gasteiger partial charge is 0.371 e. The highest BCUT2D eigenvalue weighted by Crippen LogP contribution is 2.29. The molecular formula is C13H16N2O3. The summed E-state index contributed by atoms with van der Waals surface area (Å²) in [5, 5.41) is 17.5. The lowest BCUT2D eigenvalue weighted by molar-refractivity contribution is 0.0661. The highest BCUT2D eigenvalue weighted by Gasteiger charge is 2.29. The van der Waals surface area contributed by atoms with E-state index in [9.17, 15) is 4.79 Å². The molecular weight excluding hydrogens is 232 g/mol. The van der Waals surface area contributed by atoms with Gasteiger partial charge in [-0.3, -0.25) is 4.90 Å². The molecule has 5 heteroatoms. The lowest BCUT2D eigenvalue weighted by Gasteiger charge is -2.19. The summed E-state index contributed by atoms with van der Waals surface area (Å²) in [4.78, 5) is 13.0. The maximum absolute atomic E-state index is 10.8. The Balaban J connectivity index is 2.06. The van der Waals surface area contributed by atoms with Crippen molar-refractivity contribution in [3.63, 3.8) is 0 Å². The van der Waals surface area contributed by atoms with Crippen LogP contribution in [0.25, 0.3) is 0 Å². The Kier molecular flexibility index (Phi) is 3.68. The van der Waals surface area contributed by atoms with Crippen LogP contribution in [0.5, 0.6) is 0 Å². The van der Waals surface area contributed by atoms with Crippen LogP contribution in [0.2, 0.25) is 0 Å². The molecule has 1 aromatic heterocycles. The predicted molar refractivity (Wildman–Crippen MR) is 64.1 cm³/mol. The van der Waals surface area contributed by atoms with Crippen molar-refractivity contribution >= 4 is 5.97 Å². The van der Waals surface area contributed by atoms with E-state index >= 15 is 0 Å². The number of carboxylic acids is 1. The van der Waals surface area contributed by atoms with E-state index in [-0.39, 0.29) is 5.76 Å². The Morgan fingerprint density at radius 2 is 2.39 bits per heavy atom. The van der Waals surface area contributed by atoms with Crippen molar-refractivity contribution < 1.29 is 14.3 Å². The average molecular weight is 248 g/mol. The molecule has 0 saturated heterocycles. The number of rotatable bonds is 6. The lowest BCUT2D eigenvalue weighted by Crippen LogP contribution is -2.26. The predicted octanol–water partition coefficient (Wildman–Crippen LogP) is 2.16. The van der Waals surface area contributed by atoms with E-state index in [4.69, 9.17) is 14.8 Å². The third-order valence-electron chi connectivity index (χ3n) is 3.18.